The highest BCUT2D eigenvalue weighted by Crippen LogP contribution is 2.62. The monoisotopic (exact) mass is 265 g/mol. The van der Waals surface area contributed by atoms with Crippen LogP contribution in [0.5, 0.6) is 0 Å². The topological polar surface area (TPSA) is 58.6 Å². The van der Waals surface area contributed by atoms with E-state index < -0.39 is 5.60 Å². The molecule has 1 spiro atoms. The van der Waals surface area contributed by atoms with E-state index in [0.717, 1.165) is 25.9 Å². The Morgan fingerprint density at radius 2 is 1.89 bits per heavy atom. The van der Waals surface area contributed by atoms with Crippen LogP contribution >= 0.6 is 0 Å². The number of carbonyl (C=O) groups excluding carboxylic acids is 1. The minimum atomic E-state index is -1.09. The Hall–Kier alpha value is -0.610. The lowest BCUT2D eigenvalue weighted by Crippen LogP contribution is -2.73. The van der Waals surface area contributed by atoms with Gasteiger partial charge in [0.25, 0.3) is 5.91 Å². The molecule has 3 unspecified atom stereocenters. The number of aliphatic hydroxyl groups is 1. The summed E-state index contributed by atoms with van der Waals surface area (Å²) in [5.41, 5.74) is -0.874. The molecule has 1 saturated heterocycles. The number of hydrogen-bond acceptors (Lipinski definition) is 3. The van der Waals surface area contributed by atoms with Gasteiger partial charge in [0.05, 0.1) is 6.10 Å². The van der Waals surface area contributed by atoms with Crippen LogP contribution in [0.15, 0.2) is 0 Å². The van der Waals surface area contributed by atoms with Crippen molar-refractivity contribution in [3.63, 3.8) is 0 Å². The molecule has 0 aromatic rings. The van der Waals surface area contributed by atoms with Crippen LogP contribution < -0.4 is 5.32 Å². The minimum absolute atomic E-state index is 0.119. The molecule has 3 atom stereocenters. The maximum absolute atomic E-state index is 12.4. The summed E-state index contributed by atoms with van der Waals surface area (Å²) in [5.74, 6) is 0.376. The van der Waals surface area contributed by atoms with E-state index in [-0.39, 0.29) is 17.4 Å². The van der Waals surface area contributed by atoms with Crippen LogP contribution in [-0.4, -0.2) is 35.4 Å². The van der Waals surface area contributed by atoms with Crippen LogP contribution in [0.25, 0.3) is 0 Å². The molecular weight excluding hydrogens is 242 g/mol. The summed E-state index contributed by atoms with van der Waals surface area (Å²) in [5, 5.41) is 13.6. The molecule has 4 nitrogen and oxygen atoms in total. The van der Waals surface area contributed by atoms with Gasteiger partial charge in [-0.05, 0) is 44.9 Å². The van der Waals surface area contributed by atoms with E-state index in [1.165, 1.54) is 19.3 Å². The summed E-state index contributed by atoms with van der Waals surface area (Å²) in [6, 6.07) is 0.255. The fourth-order valence-electron chi connectivity index (χ4n) is 4.92. The summed E-state index contributed by atoms with van der Waals surface area (Å²) in [6.07, 6.45) is 8.24. The molecule has 0 aromatic carbocycles. The average Bonchev–Trinajstić information content (AvgIpc) is 2.93. The van der Waals surface area contributed by atoms with Crippen LogP contribution in [0.4, 0.5) is 0 Å². The summed E-state index contributed by atoms with van der Waals surface area (Å²) in [6.45, 7) is 0.841. The second-order valence-corrected chi connectivity index (χ2v) is 7.02. The molecule has 4 fully saturated rings. The molecule has 0 aromatic heterocycles. The number of carbonyl (C=O) groups is 1. The first-order chi connectivity index (χ1) is 9.16. The first-order valence-corrected chi connectivity index (χ1v) is 7.81. The molecule has 4 rings (SSSR count). The Kier molecular flexibility index (Phi) is 2.53. The lowest BCUT2D eigenvalue weighted by molar-refractivity contribution is -0.183. The molecule has 19 heavy (non-hydrogen) atoms. The van der Waals surface area contributed by atoms with E-state index in [1.807, 2.05) is 0 Å². The number of ether oxygens (including phenoxy) is 1. The molecule has 3 aliphatic carbocycles. The fourth-order valence-corrected chi connectivity index (χ4v) is 4.92. The number of fused-ring (bicyclic) bond motifs is 2. The number of hydrogen-bond donors (Lipinski definition) is 2. The molecule has 0 bridgehead atoms. The molecule has 4 heteroatoms. The molecule has 3 saturated carbocycles. The van der Waals surface area contributed by atoms with Crippen LogP contribution in [0.3, 0.4) is 0 Å². The Labute approximate surface area is 113 Å². The van der Waals surface area contributed by atoms with E-state index in [2.05, 4.69) is 5.32 Å². The third kappa shape index (κ3) is 1.50. The van der Waals surface area contributed by atoms with Gasteiger partial charge in [-0.25, -0.2) is 0 Å². The van der Waals surface area contributed by atoms with Crippen molar-refractivity contribution < 1.29 is 14.6 Å². The first-order valence-electron chi connectivity index (χ1n) is 7.81. The maximum atomic E-state index is 12.4. The van der Waals surface area contributed by atoms with Gasteiger partial charge < -0.3 is 15.2 Å². The van der Waals surface area contributed by atoms with Crippen LogP contribution in [0.2, 0.25) is 0 Å². The zero-order valence-electron chi connectivity index (χ0n) is 11.4. The maximum Gasteiger partial charge on any atom is 0.252 e. The number of rotatable bonds is 2. The summed E-state index contributed by atoms with van der Waals surface area (Å²) < 4.78 is 5.86. The van der Waals surface area contributed by atoms with Crippen molar-refractivity contribution in [3.8, 4) is 0 Å². The van der Waals surface area contributed by atoms with Crippen molar-refractivity contribution in [2.45, 2.75) is 69.1 Å². The Bertz CT molecular complexity index is 398. The Morgan fingerprint density at radius 3 is 2.53 bits per heavy atom. The largest absolute Gasteiger partial charge is 0.380 e. The number of nitrogens with one attached hydrogen (secondary N) is 1. The highest BCUT2D eigenvalue weighted by atomic mass is 16.5. The smallest absolute Gasteiger partial charge is 0.252 e. The number of amides is 1. The van der Waals surface area contributed by atoms with E-state index in [0.29, 0.717) is 24.9 Å². The molecule has 0 radical (unpaired) electrons. The van der Waals surface area contributed by atoms with Gasteiger partial charge in [-0.1, -0.05) is 6.42 Å². The van der Waals surface area contributed by atoms with E-state index in [4.69, 9.17) is 4.74 Å². The highest BCUT2D eigenvalue weighted by Gasteiger charge is 2.67. The van der Waals surface area contributed by atoms with Crippen LogP contribution in [-0.2, 0) is 9.53 Å². The summed E-state index contributed by atoms with van der Waals surface area (Å²) in [4.78, 5) is 12.4. The van der Waals surface area contributed by atoms with Crippen molar-refractivity contribution in [1.29, 1.82) is 0 Å². The quantitative estimate of drug-likeness (QED) is 0.792. The van der Waals surface area contributed by atoms with Crippen LogP contribution in [0.1, 0.15) is 51.4 Å². The molecule has 4 aliphatic rings. The third-order valence-electron chi connectivity index (χ3n) is 6.18. The van der Waals surface area contributed by atoms with Gasteiger partial charge in [-0.2, -0.15) is 0 Å². The molecule has 1 amide bonds. The lowest BCUT2D eigenvalue weighted by atomic mass is 9.46. The van der Waals surface area contributed by atoms with E-state index >= 15 is 0 Å². The second-order valence-electron chi connectivity index (χ2n) is 7.02. The van der Waals surface area contributed by atoms with Gasteiger partial charge in [-0.15, -0.1) is 0 Å². The Morgan fingerprint density at radius 1 is 1.16 bits per heavy atom. The minimum Gasteiger partial charge on any atom is -0.380 e. The van der Waals surface area contributed by atoms with Crippen molar-refractivity contribution in [3.05, 3.63) is 0 Å². The summed E-state index contributed by atoms with van der Waals surface area (Å²) >= 11 is 0. The standard InChI is InChI=1S/C15H23NO3/c17-13(15(18)7-1-2-8-15)16-11-10-4-9-19-12(10)14(11)5-3-6-14/h10-12,18H,1-9H2,(H,16,17). The zero-order valence-corrected chi connectivity index (χ0v) is 11.4. The van der Waals surface area contributed by atoms with Crippen LogP contribution in [0, 0.1) is 11.3 Å². The molecule has 1 heterocycles. The summed E-state index contributed by atoms with van der Waals surface area (Å²) in [7, 11) is 0. The fraction of sp³-hybridized carbons (Fsp3) is 0.933. The average molecular weight is 265 g/mol. The second kappa shape index (κ2) is 3.95. The highest BCUT2D eigenvalue weighted by molar-refractivity contribution is 5.85. The first kappa shape index (κ1) is 12.2. The lowest BCUT2D eigenvalue weighted by Gasteiger charge is -2.63. The third-order valence-corrected chi connectivity index (χ3v) is 6.18. The predicted molar refractivity (Wildman–Crippen MR) is 69.5 cm³/mol. The Balaban J connectivity index is 1.49. The molecule has 106 valence electrons. The van der Waals surface area contributed by atoms with Gasteiger partial charge in [0.15, 0.2) is 0 Å². The molecular formula is C15H23NO3. The molecule has 2 N–H and O–H groups in total. The van der Waals surface area contributed by atoms with Crippen molar-refractivity contribution >= 4 is 5.91 Å². The van der Waals surface area contributed by atoms with E-state index in [1.54, 1.807) is 0 Å². The normalized spacial score (nSPS) is 41.4. The molecule has 1 aliphatic heterocycles. The van der Waals surface area contributed by atoms with Gasteiger partial charge in [0.2, 0.25) is 0 Å². The van der Waals surface area contributed by atoms with E-state index in [9.17, 15) is 9.90 Å². The van der Waals surface area contributed by atoms with Crippen molar-refractivity contribution in [1.82, 2.24) is 5.32 Å². The van der Waals surface area contributed by atoms with Crippen molar-refractivity contribution in [2.75, 3.05) is 6.61 Å². The van der Waals surface area contributed by atoms with Crippen molar-refractivity contribution in [2.24, 2.45) is 11.3 Å². The van der Waals surface area contributed by atoms with Gasteiger partial charge >= 0.3 is 0 Å². The van der Waals surface area contributed by atoms with Gasteiger partial charge in [0.1, 0.15) is 5.60 Å². The van der Waals surface area contributed by atoms with Gasteiger partial charge in [0, 0.05) is 24.0 Å². The van der Waals surface area contributed by atoms with Gasteiger partial charge in [-0.3, -0.25) is 4.79 Å². The predicted octanol–water partition coefficient (Wildman–Crippen LogP) is 1.37. The zero-order chi connectivity index (χ0) is 13.1. The SMILES string of the molecule is O=C(NC1C2CCOC2C12CCC2)C1(O)CCCC1.